The zero-order valence-electron chi connectivity index (χ0n) is 9.93. The zero-order valence-corrected chi connectivity index (χ0v) is 9.93. The van der Waals surface area contributed by atoms with Crippen LogP contribution >= 0.6 is 0 Å². The van der Waals surface area contributed by atoms with Gasteiger partial charge in [-0.05, 0) is 24.5 Å². The number of nitrogens with zero attached hydrogens (tertiary/aromatic N) is 1. The molecule has 0 saturated carbocycles. The topological polar surface area (TPSA) is 42.2 Å². The van der Waals surface area contributed by atoms with Crippen LogP contribution in [0.25, 0.3) is 0 Å². The third-order valence-corrected chi connectivity index (χ3v) is 2.66. The molecule has 0 radical (unpaired) electrons. The van der Waals surface area contributed by atoms with Gasteiger partial charge in [-0.3, -0.25) is 0 Å². The summed E-state index contributed by atoms with van der Waals surface area (Å²) in [5, 5.41) is 9.10. The average molecular weight is 219 g/mol. The molecule has 3 nitrogen and oxygen atoms in total. The van der Waals surface area contributed by atoms with Crippen LogP contribution in [-0.4, -0.2) is 20.5 Å². The van der Waals surface area contributed by atoms with Gasteiger partial charge in [0.1, 0.15) is 5.92 Å². The first kappa shape index (κ1) is 12.7. The minimum absolute atomic E-state index is 0.281. The second kappa shape index (κ2) is 6.26. The van der Waals surface area contributed by atoms with Crippen molar-refractivity contribution in [1.82, 2.24) is 0 Å². The lowest BCUT2D eigenvalue weighted by molar-refractivity contribution is -0.124. The van der Waals surface area contributed by atoms with Gasteiger partial charge in [-0.25, -0.2) is 0 Å². The summed E-state index contributed by atoms with van der Waals surface area (Å²) in [4.78, 5) is 0. The van der Waals surface area contributed by atoms with Crippen molar-refractivity contribution in [2.24, 2.45) is 5.92 Å². The average Bonchev–Trinajstić information content (AvgIpc) is 2.31. The molecular formula is C13H17NO2. The Bertz CT molecular complexity index is 366. The number of benzene rings is 1. The maximum absolute atomic E-state index is 9.10. The van der Waals surface area contributed by atoms with Crippen molar-refractivity contribution in [3.63, 3.8) is 0 Å². The highest BCUT2D eigenvalue weighted by molar-refractivity contribution is 5.26. The molecule has 0 aliphatic carbocycles. The minimum Gasteiger partial charge on any atom is -0.354 e. The van der Waals surface area contributed by atoms with Gasteiger partial charge in [-0.2, -0.15) is 5.26 Å². The van der Waals surface area contributed by atoms with Crippen LogP contribution < -0.4 is 0 Å². The number of hydrogen-bond acceptors (Lipinski definition) is 3. The highest BCUT2D eigenvalue weighted by Gasteiger charge is 2.21. The Morgan fingerprint density at radius 1 is 1.25 bits per heavy atom. The highest BCUT2D eigenvalue weighted by Crippen LogP contribution is 2.17. The SMILES string of the molecule is COC(OC)C(C#N)Cc1ccccc1C. The molecule has 1 rings (SSSR count). The molecule has 1 atom stereocenters. The van der Waals surface area contributed by atoms with E-state index >= 15 is 0 Å². The second-order valence-corrected chi connectivity index (χ2v) is 3.71. The molecule has 0 saturated heterocycles. The van der Waals surface area contributed by atoms with Crippen LogP contribution in [0.15, 0.2) is 24.3 Å². The number of ether oxygens (including phenoxy) is 2. The first-order chi connectivity index (χ1) is 7.72. The number of hydrogen-bond donors (Lipinski definition) is 0. The standard InChI is InChI=1S/C13H17NO2/c1-10-6-4-5-7-11(10)8-12(9-14)13(15-2)16-3/h4-7,12-13H,8H2,1-3H3. The van der Waals surface area contributed by atoms with Gasteiger partial charge in [0.2, 0.25) is 0 Å². The highest BCUT2D eigenvalue weighted by atomic mass is 16.7. The molecular weight excluding hydrogens is 202 g/mol. The maximum atomic E-state index is 9.10. The molecule has 16 heavy (non-hydrogen) atoms. The molecule has 1 unspecified atom stereocenters. The maximum Gasteiger partial charge on any atom is 0.172 e. The van der Waals surface area contributed by atoms with E-state index in [9.17, 15) is 0 Å². The fourth-order valence-electron chi connectivity index (χ4n) is 1.70. The summed E-state index contributed by atoms with van der Waals surface area (Å²) < 4.78 is 10.2. The lowest BCUT2D eigenvalue weighted by atomic mass is 9.96. The Balaban J connectivity index is 2.79. The third-order valence-electron chi connectivity index (χ3n) is 2.66. The zero-order chi connectivity index (χ0) is 12.0. The van der Waals surface area contributed by atoms with Crippen molar-refractivity contribution >= 4 is 0 Å². The molecule has 0 aliphatic rings. The number of nitriles is 1. The second-order valence-electron chi connectivity index (χ2n) is 3.71. The minimum atomic E-state index is -0.468. The number of methoxy groups -OCH3 is 2. The van der Waals surface area contributed by atoms with Crippen LogP contribution in [0.4, 0.5) is 0 Å². The van der Waals surface area contributed by atoms with Crippen molar-refractivity contribution < 1.29 is 9.47 Å². The van der Waals surface area contributed by atoms with E-state index in [-0.39, 0.29) is 5.92 Å². The van der Waals surface area contributed by atoms with E-state index < -0.39 is 6.29 Å². The molecule has 86 valence electrons. The van der Waals surface area contributed by atoms with E-state index in [4.69, 9.17) is 14.7 Å². The Morgan fingerprint density at radius 3 is 2.38 bits per heavy atom. The van der Waals surface area contributed by atoms with Gasteiger partial charge in [0, 0.05) is 14.2 Å². The molecule has 0 spiro atoms. The van der Waals surface area contributed by atoms with E-state index in [1.165, 1.54) is 5.56 Å². The summed E-state index contributed by atoms with van der Waals surface area (Å²) in [5.74, 6) is -0.281. The van der Waals surface area contributed by atoms with E-state index in [0.29, 0.717) is 6.42 Å². The van der Waals surface area contributed by atoms with Gasteiger partial charge in [0.15, 0.2) is 6.29 Å². The molecule has 0 amide bonds. The first-order valence-corrected chi connectivity index (χ1v) is 5.22. The van der Waals surface area contributed by atoms with Crippen LogP contribution in [-0.2, 0) is 15.9 Å². The van der Waals surface area contributed by atoms with Crippen LogP contribution in [0, 0.1) is 24.2 Å². The number of rotatable bonds is 5. The molecule has 0 fully saturated rings. The lowest BCUT2D eigenvalue weighted by Crippen LogP contribution is -2.25. The summed E-state index contributed by atoms with van der Waals surface area (Å²) in [5.41, 5.74) is 2.35. The first-order valence-electron chi connectivity index (χ1n) is 5.22. The summed E-state index contributed by atoms with van der Waals surface area (Å²) in [6.07, 6.45) is 0.180. The van der Waals surface area contributed by atoms with E-state index in [1.54, 1.807) is 14.2 Å². The Morgan fingerprint density at radius 2 is 1.88 bits per heavy atom. The fourth-order valence-corrected chi connectivity index (χ4v) is 1.70. The Kier molecular flexibility index (Phi) is 4.97. The molecule has 3 heteroatoms. The van der Waals surface area contributed by atoms with Gasteiger partial charge < -0.3 is 9.47 Å². The lowest BCUT2D eigenvalue weighted by Gasteiger charge is -2.19. The summed E-state index contributed by atoms with van der Waals surface area (Å²) in [6.45, 7) is 2.04. The van der Waals surface area contributed by atoms with E-state index in [1.807, 2.05) is 31.2 Å². The van der Waals surface area contributed by atoms with Gasteiger partial charge in [-0.1, -0.05) is 24.3 Å². The molecule has 0 aliphatic heterocycles. The van der Waals surface area contributed by atoms with Crippen LogP contribution in [0.1, 0.15) is 11.1 Å². The van der Waals surface area contributed by atoms with Crippen molar-refractivity contribution in [3.05, 3.63) is 35.4 Å². The molecule has 0 bridgehead atoms. The molecule has 0 N–H and O–H groups in total. The largest absolute Gasteiger partial charge is 0.354 e. The fraction of sp³-hybridized carbons (Fsp3) is 0.462. The third kappa shape index (κ3) is 3.06. The normalized spacial score (nSPS) is 12.4. The van der Waals surface area contributed by atoms with Gasteiger partial charge in [0.25, 0.3) is 0 Å². The molecule has 0 heterocycles. The van der Waals surface area contributed by atoms with Crippen molar-refractivity contribution in [1.29, 1.82) is 5.26 Å². The predicted octanol–water partition coefficient (Wildman–Crippen LogP) is 2.30. The molecule has 1 aromatic rings. The van der Waals surface area contributed by atoms with Crippen LogP contribution in [0.3, 0.4) is 0 Å². The number of aryl methyl sites for hydroxylation is 1. The van der Waals surface area contributed by atoms with Crippen molar-refractivity contribution in [3.8, 4) is 6.07 Å². The molecule has 0 aromatic heterocycles. The van der Waals surface area contributed by atoms with Gasteiger partial charge >= 0.3 is 0 Å². The van der Waals surface area contributed by atoms with Crippen LogP contribution in [0.5, 0.6) is 0 Å². The van der Waals surface area contributed by atoms with Gasteiger partial charge in [-0.15, -0.1) is 0 Å². The smallest absolute Gasteiger partial charge is 0.172 e. The summed E-state index contributed by atoms with van der Waals surface area (Å²) in [7, 11) is 3.10. The Labute approximate surface area is 96.6 Å². The monoisotopic (exact) mass is 219 g/mol. The Hall–Kier alpha value is -1.37. The van der Waals surface area contributed by atoms with Crippen molar-refractivity contribution in [2.75, 3.05) is 14.2 Å². The van der Waals surface area contributed by atoms with Gasteiger partial charge in [0.05, 0.1) is 6.07 Å². The quantitative estimate of drug-likeness (QED) is 0.713. The molecule has 1 aromatic carbocycles. The van der Waals surface area contributed by atoms with E-state index in [0.717, 1.165) is 5.56 Å². The predicted molar refractivity (Wildman–Crippen MR) is 61.8 cm³/mol. The van der Waals surface area contributed by atoms with E-state index in [2.05, 4.69) is 6.07 Å². The summed E-state index contributed by atoms with van der Waals surface area (Å²) >= 11 is 0. The van der Waals surface area contributed by atoms with Crippen molar-refractivity contribution in [2.45, 2.75) is 19.6 Å². The summed E-state index contributed by atoms with van der Waals surface area (Å²) in [6, 6.07) is 10.3. The van der Waals surface area contributed by atoms with Crippen LogP contribution in [0.2, 0.25) is 0 Å².